The van der Waals surface area contributed by atoms with Crippen molar-refractivity contribution in [1.82, 2.24) is 10.3 Å². The van der Waals surface area contributed by atoms with Gasteiger partial charge in [0.15, 0.2) is 0 Å². The molecule has 140 valence electrons. The van der Waals surface area contributed by atoms with E-state index in [9.17, 15) is 10.1 Å². The van der Waals surface area contributed by atoms with Crippen LogP contribution in [0.15, 0.2) is 35.2 Å². The Kier molecular flexibility index (Phi) is 6.41. The topological polar surface area (TPSA) is 65.8 Å². The molecule has 2 aromatic rings. The van der Waals surface area contributed by atoms with E-state index in [2.05, 4.69) is 35.7 Å². The smallest absolute Gasteiger partial charge is 0.217 e. The average molecular weight is 380 g/mol. The molecule has 1 atom stereocenters. The van der Waals surface area contributed by atoms with Gasteiger partial charge in [-0.2, -0.15) is 5.26 Å². The maximum Gasteiger partial charge on any atom is 0.217 e. The molecule has 5 heteroatoms. The molecule has 1 aliphatic carbocycles. The quantitative estimate of drug-likeness (QED) is 0.709. The van der Waals surface area contributed by atoms with E-state index in [4.69, 9.17) is 4.98 Å². The van der Waals surface area contributed by atoms with Crippen LogP contribution in [-0.4, -0.2) is 16.9 Å². The van der Waals surface area contributed by atoms with Crippen molar-refractivity contribution in [1.29, 1.82) is 5.26 Å². The Labute approximate surface area is 165 Å². The number of nitrogens with zero attached hydrogens (tertiary/aromatic N) is 2. The first kappa shape index (κ1) is 19.3. The molecule has 0 saturated heterocycles. The fourth-order valence-corrected chi connectivity index (χ4v) is 4.37. The molecule has 1 amide bonds. The number of hydrogen-bond donors (Lipinski definition) is 1. The highest BCUT2D eigenvalue weighted by atomic mass is 32.1. The van der Waals surface area contributed by atoms with E-state index in [1.807, 2.05) is 12.3 Å². The average Bonchev–Trinajstić information content (AvgIpc) is 3.33. The largest absolute Gasteiger partial charge is 0.354 e. The number of nitriles is 1. The second-order valence-corrected chi connectivity index (χ2v) is 8.03. The van der Waals surface area contributed by atoms with E-state index < -0.39 is 0 Å². The molecule has 1 heterocycles. The molecule has 1 N–H and O–H groups in total. The summed E-state index contributed by atoms with van der Waals surface area (Å²) in [5.74, 6) is 0.0153. The highest BCUT2D eigenvalue weighted by Crippen LogP contribution is 2.34. The molecule has 0 spiro atoms. The van der Waals surface area contributed by atoms with Crippen molar-refractivity contribution in [3.63, 3.8) is 0 Å². The molecule has 0 radical (unpaired) electrons. The summed E-state index contributed by atoms with van der Waals surface area (Å²) in [6.45, 7) is 3.58. The van der Waals surface area contributed by atoms with Crippen LogP contribution in [0.25, 0.3) is 16.8 Å². The first-order valence-corrected chi connectivity index (χ1v) is 10.4. The zero-order valence-corrected chi connectivity index (χ0v) is 16.7. The highest BCUT2D eigenvalue weighted by Gasteiger charge is 2.17. The lowest BCUT2D eigenvalue weighted by Gasteiger charge is -2.12. The van der Waals surface area contributed by atoms with E-state index in [0.29, 0.717) is 0 Å². The Balaban J connectivity index is 1.68. The van der Waals surface area contributed by atoms with E-state index in [1.54, 1.807) is 18.3 Å². The molecular weight excluding hydrogens is 354 g/mol. The van der Waals surface area contributed by atoms with Crippen molar-refractivity contribution in [2.24, 2.45) is 0 Å². The SMILES string of the molecule is CC(=O)N[C@@H](C)CCc1ccc(-c2csc(C(C#N)=C3CCCC3)n2)cc1. The van der Waals surface area contributed by atoms with Gasteiger partial charge in [0.2, 0.25) is 5.91 Å². The van der Waals surface area contributed by atoms with Crippen molar-refractivity contribution in [2.75, 3.05) is 0 Å². The number of benzene rings is 1. The highest BCUT2D eigenvalue weighted by molar-refractivity contribution is 7.11. The number of aromatic nitrogens is 1. The molecule has 3 rings (SSSR count). The number of hydrogen-bond acceptors (Lipinski definition) is 4. The minimum absolute atomic E-state index is 0.0153. The minimum Gasteiger partial charge on any atom is -0.354 e. The normalized spacial score (nSPS) is 14.6. The molecule has 1 aromatic heterocycles. The first-order valence-electron chi connectivity index (χ1n) is 9.51. The molecule has 0 aliphatic heterocycles. The number of rotatable bonds is 6. The summed E-state index contributed by atoms with van der Waals surface area (Å²) in [7, 11) is 0. The van der Waals surface area contributed by atoms with Crippen molar-refractivity contribution >= 4 is 22.8 Å². The van der Waals surface area contributed by atoms with Crippen LogP contribution in [0.5, 0.6) is 0 Å². The Morgan fingerprint density at radius 1 is 1.30 bits per heavy atom. The molecule has 1 aromatic carbocycles. The van der Waals surface area contributed by atoms with Gasteiger partial charge in [0.05, 0.1) is 11.3 Å². The Hall–Kier alpha value is -2.45. The van der Waals surface area contributed by atoms with Gasteiger partial charge < -0.3 is 5.32 Å². The molecule has 0 unspecified atom stereocenters. The third kappa shape index (κ3) is 5.05. The summed E-state index contributed by atoms with van der Waals surface area (Å²) in [5.41, 5.74) is 5.30. The van der Waals surface area contributed by atoms with Crippen LogP contribution in [0.3, 0.4) is 0 Å². The maximum absolute atomic E-state index is 11.1. The van der Waals surface area contributed by atoms with E-state index in [0.717, 1.165) is 47.5 Å². The molecule has 0 bridgehead atoms. The molecular formula is C22H25N3OS. The van der Waals surface area contributed by atoms with E-state index in [-0.39, 0.29) is 11.9 Å². The minimum atomic E-state index is 0.0153. The predicted molar refractivity (Wildman–Crippen MR) is 110 cm³/mol. The maximum atomic E-state index is 11.1. The summed E-state index contributed by atoms with van der Waals surface area (Å²) >= 11 is 1.56. The van der Waals surface area contributed by atoms with Crippen LogP contribution in [0.4, 0.5) is 0 Å². The first-order chi connectivity index (χ1) is 13.1. The van der Waals surface area contributed by atoms with Crippen LogP contribution in [0.1, 0.15) is 56.5 Å². The fraction of sp³-hybridized carbons (Fsp3) is 0.409. The Bertz CT molecular complexity index is 866. The monoisotopic (exact) mass is 379 g/mol. The zero-order valence-electron chi connectivity index (χ0n) is 15.9. The summed E-state index contributed by atoms with van der Waals surface area (Å²) in [6.07, 6.45) is 6.27. The third-order valence-electron chi connectivity index (χ3n) is 4.96. The van der Waals surface area contributed by atoms with Gasteiger partial charge in [0, 0.05) is 23.9 Å². The summed E-state index contributed by atoms with van der Waals surface area (Å²) < 4.78 is 0. The Morgan fingerprint density at radius 2 is 2.00 bits per heavy atom. The number of carbonyl (C=O) groups excluding carboxylic acids is 1. The molecule has 1 aliphatic rings. The predicted octanol–water partition coefficient (Wildman–Crippen LogP) is 5.12. The lowest BCUT2D eigenvalue weighted by Crippen LogP contribution is -2.30. The molecule has 1 saturated carbocycles. The van der Waals surface area contributed by atoms with Crippen molar-refractivity contribution in [2.45, 2.75) is 58.4 Å². The number of amides is 1. The van der Waals surface area contributed by atoms with Gasteiger partial charge in [-0.15, -0.1) is 11.3 Å². The van der Waals surface area contributed by atoms with E-state index >= 15 is 0 Å². The van der Waals surface area contributed by atoms with Gasteiger partial charge >= 0.3 is 0 Å². The number of allylic oxidation sites excluding steroid dienone is 2. The lowest BCUT2D eigenvalue weighted by molar-refractivity contribution is -0.119. The summed E-state index contributed by atoms with van der Waals surface area (Å²) in [4.78, 5) is 15.8. The Morgan fingerprint density at radius 3 is 2.63 bits per heavy atom. The van der Waals surface area contributed by atoms with Crippen LogP contribution in [0, 0.1) is 11.3 Å². The second kappa shape index (κ2) is 8.96. The van der Waals surface area contributed by atoms with Crippen molar-refractivity contribution in [3.8, 4) is 17.3 Å². The van der Waals surface area contributed by atoms with E-state index in [1.165, 1.54) is 24.0 Å². The third-order valence-corrected chi connectivity index (χ3v) is 5.82. The van der Waals surface area contributed by atoms with Gasteiger partial charge in [-0.25, -0.2) is 4.98 Å². The summed E-state index contributed by atoms with van der Waals surface area (Å²) in [6, 6.07) is 11.0. The molecule has 1 fully saturated rings. The van der Waals surface area contributed by atoms with Crippen LogP contribution < -0.4 is 5.32 Å². The lowest BCUT2D eigenvalue weighted by atomic mass is 10.0. The number of aryl methyl sites for hydroxylation is 1. The number of carbonyl (C=O) groups is 1. The van der Waals surface area contributed by atoms with Crippen LogP contribution >= 0.6 is 11.3 Å². The van der Waals surface area contributed by atoms with Gasteiger partial charge in [0.1, 0.15) is 11.1 Å². The van der Waals surface area contributed by atoms with Gasteiger partial charge in [-0.3, -0.25) is 4.79 Å². The van der Waals surface area contributed by atoms with Crippen molar-refractivity contribution < 1.29 is 4.79 Å². The molecule has 4 nitrogen and oxygen atoms in total. The van der Waals surface area contributed by atoms with Crippen LogP contribution in [-0.2, 0) is 11.2 Å². The van der Waals surface area contributed by atoms with Gasteiger partial charge in [0.25, 0.3) is 0 Å². The number of thiazole rings is 1. The second-order valence-electron chi connectivity index (χ2n) is 7.17. The fourth-order valence-electron chi connectivity index (χ4n) is 3.50. The molecule has 27 heavy (non-hydrogen) atoms. The van der Waals surface area contributed by atoms with Gasteiger partial charge in [-0.1, -0.05) is 24.3 Å². The van der Waals surface area contributed by atoms with Crippen molar-refractivity contribution in [3.05, 3.63) is 45.8 Å². The van der Waals surface area contributed by atoms with Crippen LogP contribution in [0.2, 0.25) is 0 Å². The standard InChI is InChI=1S/C22H25N3OS/c1-15(24-16(2)26)7-8-17-9-11-19(12-10-17)21-14-27-22(25-21)20(13-23)18-5-3-4-6-18/h9-12,14-15H,3-8H2,1-2H3,(H,24,26)/t15-/m0/s1. The number of nitrogens with one attached hydrogen (secondary N) is 1. The van der Waals surface area contributed by atoms with Gasteiger partial charge in [-0.05, 0) is 56.6 Å². The summed E-state index contributed by atoms with van der Waals surface area (Å²) in [5, 5.41) is 15.3. The zero-order chi connectivity index (χ0) is 19.2.